The maximum absolute atomic E-state index is 10.6. The standard InChI is InChI=1S/C12H12ClNO7S/c13-6-3-5(14(18)19)1-2-7(6)20-12-11(17)10(16)9(15)8(4-22)21-12/h1-4,8-12,15-17H/t8-,9-,10+,11-,12-/m1/s1. The van der Waals surface area contributed by atoms with Gasteiger partial charge in [0.15, 0.2) is 0 Å². The molecule has 22 heavy (non-hydrogen) atoms. The van der Waals surface area contributed by atoms with Crippen LogP contribution in [-0.4, -0.2) is 56.3 Å². The van der Waals surface area contributed by atoms with Crippen LogP contribution >= 0.6 is 23.8 Å². The van der Waals surface area contributed by atoms with Crippen molar-refractivity contribution < 1.29 is 29.7 Å². The lowest BCUT2D eigenvalue weighted by Crippen LogP contribution is -2.59. The van der Waals surface area contributed by atoms with Crippen molar-refractivity contribution in [3.63, 3.8) is 0 Å². The van der Waals surface area contributed by atoms with E-state index < -0.39 is 35.6 Å². The first-order chi connectivity index (χ1) is 10.3. The van der Waals surface area contributed by atoms with Gasteiger partial charge in [0.25, 0.3) is 5.69 Å². The predicted octanol–water partition coefficient (Wildman–Crippen LogP) is 0.434. The zero-order valence-electron chi connectivity index (χ0n) is 10.9. The van der Waals surface area contributed by atoms with Crippen LogP contribution in [0.4, 0.5) is 5.69 Å². The van der Waals surface area contributed by atoms with Gasteiger partial charge >= 0.3 is 0 Å². The maximum Gasteiger partial charge on any atom is 0.271 e. The number of aliphatic hydroxyl groups excluding tert-OH is 3. The van der Waals surface area contributed by atoms with Crippen molar-refractivity contribution in [1.29, 1.82) is 0 Å². The molecule has 0 saturated carbocycles. The average molecular weight is 350 g/mol. The average Bonchev–Trinajstić information content (AvgIpc) is 2.49. The predicted molar refractivity (Wildman–Crippen MR) is 79.1 cm³/mol. The van der Waals surface area contributed by atoms with Crippen LogP contribution < -0.4 is 4.74 Å². The second kappa shape index (κ2) is 6.82. The van der Waals surface area contributed by atoms with Crippen molar-refractivity contribution >= 4 is 34.9 Å². The van der Waals surface area contributed by atoms with Crippen LogP contribution in [0, 0.1) is 10.1 Å². The molecule has 1 aromatic rings. The minimum Gasteiger partial charge on any atom is -0.460 e. The minimum absolute atomic E-state index is 0.0167. The van der Waals surface area contributed by atoms with Gasteiger partial charge in [-0.2, -0.15) is 0 Å². The molecule has 1 fully saturated rings. The van der Waals surface area contributed by atoms with Gasteiger partial charge in [-0.25, -0.2) is 0 Å². The Morgan fingerprint density at radius 1 is 1.32 bits per heavy atom. The highest BCUT2D eigenvalue weighted by atomic mass is 35.5. The molecule has 0 aromatic heterocycles. The number of nitrogens with zero attached hydrogens (tertiary/aromatic N) is 1. The fourth-order valence-electron chi connectivity index (χ4n) is 1.91. The highest BCUT2D eigenvalue weighted by molar-refractivity contribution is 7.79. The molecule has 10 heteroatoms. The lowest BCUT2D eigenvalue weighted by molar-refractivity contribution is -0.384. The molecule has 1 heterocycles. The second-order valence-corrected chi connectivity index (χ2v) is 5.25. The summed E-state index contributed by atoms with van der Waals surface area (Å²) in [5, 5.41) is 40.9. The van der Waals surface area contributed by atoms with Crippen molar-refractivity contribution in [1.82, 2.24) is 0 Å². The van der Waals surface area contributed by atoms with Crippen molar-refractivity contribution in [3.8, 4) is 5.75 Å². The number of nitro groups is 1. The van der Waals surface area contributed by atoms with E-state index in [1.165, 1.54) is 12.1 Å². The molecule has 0 spiro atoms. The van der Waals surface area contributed by atoms with Crippen LogP contribution in [0.25, 0.3) is 0 Å². The fraction of sp³-hybridized carbons (Fsp3) is 0.417. The molecular formula is C12H12ClNO7S. The summed E-state index contributed by atoms with van der Waals surface area (Å²) in [6.07, 6.45) is -6.83. The summed E-state index contributed by atoms with van der Waals surface area (Å²) in [7, 11) is 0. The molecule has 1 saturated heterocycles. The Morgan fingerprint density at radius 2 is 2.00 bits per heavy atom. The third-order valence-electron chi connectivity index (χ3n) is 3.11. The van der Waals surface area contributed by atoms with E-state index in [-0.39, 0.29) is 16.5 Å². The number of nitro benzene ring substituents is 1. The minimum atomic E-state index is -1.55. The molecule has 3 N–H and O–H groups in total. The van der Waals surface area contributed by atoms with Crippen LogP contribution in [0.2, 0.25) is 5.02 Å². The Morgan fingerprint density at radius 3 is 2.55 bits per heavy atom. The highest BCUT2D eigenvalue weighted by Gasteiger charge is 2.44. The van der Waals surface area contributed by atoms with Gasteiger partial charge in [-0.3, -0.25) is 10.1 Å². The van der Waals surface area contributed by atoms with Gasteiger partial charge in [0.05, 0.1) is 9.95 Å². The van der Waals surface area contributed by atoms with Crippen molar-refractivity contribution in [3.05, 3.63) is 33.3 Å². The van der Waals surface area contributed by atoms with Gasteiger partial charge in [0.2, 0.25) is 6.29 Å². The molecule has 1 aromatic carbocycles. The largest absolute Gasteiger partial charge is 0.460 e. The summed E-state index contributed by atoms with van der Waals surface area (Å²) in [6.45, 7) is 0. The molecule has 0 amide bonds. The molecule has 0 radical (unpaired) electrons. The van der Waals surface area contributed by atoms with Crippen LogP contribution in [0.3, 0.4) is 0 Å². The molecule has 0 bridgehead atoms. The molecule has 0 unspecified atom stereocenters. The van der Waals surface area contributed by atoms with E-state index in [1.807, 2.05) is 0 Å². The number of non-ortho nitro benzene ring substituents is 1. The molecule has 5 atom stereocenters. The lowest BCUT2D eigenvalue weighted by Gasteiger charge is -2.38. The monoisotopic (exact) mass is 349 g/mol. The summed E-state index contributed by atoms with van der Waals surface area (Å²) in [4.78, 5) is 10.0. The number of benzene rings is 1. The number of rotatable bonds is 4. The number of hydrogen-bond acceptors (Lipinski definition) is 8. The topological polar surface area (TPSA) is 122 Å². The van der Waals surface area contributed by atoms with Crippen LogP contribution in [-0.2, 0) is 4.74 Å². The maximum atomic E-state index is 10.6. The van der Waals surface area contributed by atoms with E-state index in [9.17, 15) is 25.4 Å². The van der Waals surface area contributed by atoms with Gasteiger partial charge in [0.1, 0.15) is 30.2 Å². The fourth-order valence-corrected chi connectivity index (χ4v) is 2.35. The zero-order valence-corrected chi connectivity index (χ0v) is 12.5. The number of thiocarbonyl (C=S) groups is 1. The molecule has 1 aliphatic heterocycles. The Labute approximate surface area is 135 Å². The molecule has 2 rings (SSSR count). The van der Waals surface area contributed by atoms with E-state index in [2.05, 4.69) is 12.2 Å². The van der Waals surface area contributed by atoms with E-state index >= 15 is 0 Å². The summed E-state index contributed by atoms with van der Waals surface area (Å²) < 4.78 is 10.6. The third-order valence-corrected chi connectivity index (χ3v) is 3.67. The first-order valence-electron chi connectivity index (χ1n) is 6.10. The van der Waals surface area contributed by atoms with Crippen molar-refractivity contribution in [2.24, 2.45) is 0 Å². The smallest absolute Gasteiger partial charge is 0.271 e. The van der Waals surface area contributed by atoms with Gasteiger partial charge in [0, 0.05) is 17.5 Å². The number of hydrogen-bond donors (Lipinski definition) is 3. The van der Waals surface area contributed by atoms with E-state index in [4.69, 9.17) is 21.1 Å². The van der Waals surface area contributed by atoms with E-state index in [1.54, 1.807) is 0 Å². The Balaban J connectivity index is 2.19. The zero-order chi connectivity index (χ0) is 16.4. The van der Waals surface area contributed by atoms with Crippen molar-refractivity contribution in [2.75, 3.05) is 0 Å². The second-order valence-electron chi connectivity index (χ2n) is 4.57. The lowest BCUT2D eigenvalue weighted by atomic mass is 10.00. The number of aliphatic hydroxyl groups is 3. The Kier molecular flexibility index (Phi) is 5.27. The third kappa shape index (κ3) is 3.35. The van der Waals surface area contributed by atoms with Gasteiger partial charge in [-0.1, -0.05) is 23.8 Å². The summed E-state index contributed by atoms with van der Waals surface area (Å²) in [6, 6.07) is 3.48. The Bertz CT molecular complexity index is 587. The van der Waals surface area contributed by atoms with Crippen LogP contribution in [0.5, 0.6) is 5.75 Å². The first kappa shape index (κ1) is 17.0. The summed E-state index contributed by atoms with van der Waals surface area (Å²) >= 11 is 10.5. The number of ether oxygens (including phenoxy) is 2. The van der Waals surface area contributed by atoms with Gasteiger partial charge < -0.3 is 24.8 Å². The molecule has 1 aliphatic rings. The van der Waals surface area contributed by atoms with Crippen molar-refractivity contribution in [2.45, 2.75) is 30.7 Å². The quantitative estimate of drug-likeness (QED) is 0.406. The molecule has 120 valence electrons. The van der Waals surface area contributed by atoms with Crippen LogP contribution in [0.1, 0.15) is 0 Å². The molecular weight excluding hydrogens is 338 g/mol. The Hall–Kier alpha value is -1.36. The van der Waals surface area contributed by atoms with E-state index in [0.717, 1.165) is 11.4 Å². The summed E-state index contributed by atoms with van der Waals surface area (Å²) in [5.41, 5.74) is -0.227. The summed E-state index contributed by atoms with van der Waals surface area (Å²) in [5.74, 6) is 0.0167. The van der Waals surface area contributed by atoms with Crippen LogP contribution in [0.15, 0.2) is 18.2 Å². The first-order valence-corrected chi connectivity index (χ1v) is 6.95. The number of halogens is 1. The van der Waals surface area contributed by atoms with Gasteiger partial charge in [-0.15, -0.1) is 0 Å². The SMILES string of the molecule is O=[N+]([O-])c1ccc(O[C@@H]2O[C@H](C=S)[C@@H](O)[C@H](O)[C@H]2O)c(Cl)c1. The highest BCUT2D eigenvalue weighted by Crippen LogP contribution is 2.31. The molecule has 8 nitrogen and oxygen atoms in total. The van der Waals surface area contributed by atoms with E-state index in [0.29, 0.717) is 0 Å². The van der Waals surface area contributed by atoms with Gasteiger partial charge in [-0.05, 0) is 6.07 Å². The molecule has 0 aliphatic carbocycles. The normalized spacial score (nSPS) is 31.5.